The maximum absolute atomic E-state index is 8.99. The molecule has 49 valence electrons. The van der Waals surface area contributed by atoms with Crippen molar-refractivity contribution in [1.29, 1.82) is 0 Å². The zero-order valence-electron chi connectivity index (χ0n) is 5.03. The van der Waals surface area contributed by atoms with Gasteiger partial charge in [0.05, 0.1) is 5.39 Å². The second-order valence-corrected chi connectivity index (χ2v) is 1.92. The maximum Gasteiger partial charge on any atom is 0.259 e. The van der Waals surface area contributed by atoms with Crippen molar-refractivity contribution >= 4 is 11.0 Å². The minimum Gasteiger partial charge on any atom is -0.491 e. The number of aromatic nitrogens is 1. The highest BCUT2D eigenvalue weighted by molar-refractivity contribution is 5.80. The zero-order chi connectivity index (χ0) is 6.97. The number of aromatic hydroxyl groups is 1. The van der Waals surface area contributed by atoms with Crippen LogP contribution in [-0.4, -0.2) is 10.3 Å². The average Bonchev–Trinajstić information content (AvgIpc) is 2.34. The molecule has 0 spiro atoms. The highest BCUT2D eigenvalue weighted by Gasteiger charge is 2.02. The monoisotopic (exact) mass is 134 g/mol. The predicted molar refractivity (Wildman–Crippen MR) is 34.5 cm³/mol. The SMILES string of the molecule is Oc1noc2[c]cccc12. The quantitative estimate of drug-likeness (QED) is 0.591. The standard InChI is InChI=1S/C7H4NO2/c9-7-5-3-1-2-4-6(5)10-8-7/h1-3H,(H,8,9). The van der Waals surface area contributed by atoms with Crippen molar-refractivity contribution in [2.24, 2.45) is 0 Å². The van der Waals surface area contributed by atoms with Crippen molar-refractivity contribution in [3.8, 4) is 5.88 Å². The summed E-state index contributed by atoms with van der Waals surface area (Å²) >= 11 is 0. The Hall–Kier alpha value is -1.51. The Bertz CT molecular complexity index is 353. The van der Waals surface area contributed by atoms with Crippen LogP contribution in [0.5, 0.6) is 5.88 Å². The summed E-state index contributed by atoms with van der Waals surface area (Å²) in [5.74, 6) is -0.0770. The van der Waals surface area contributed by atoms with E-state index < -0.39 is 0 Å². The normalized spacial score (nSPS) is 10.4. The fourth-order valence-electron chi connectivity index (χ4n) is 0.811. The third kappa shape index (κ3) is 0.572. The van der Waals surface area contributed by atoms with Crippen LogP contribution in [0.25, 0.3) is 11.0 Å². The van der Waals surface area contributed by atoms with Crippen LogP contribution in [-0.2, 0) is 0 Å². The van der Waals surface area contributed by atoms with E-state index in [0.717, 1.165) is 0 Å². The van der Waals surface area contributed by atoms with Crippen molar-refractivity contribution in [1.82, 2.24) is 5.16 Å². The Morgan fingerprint density at radius 1 is 1.60 bits per heavy atom. The molecule has 0 aliphatic heterocycles. The molecule has 1 radical (unpaired) electrons. The van der Waals surface area contributed by atoms with Crippen LogP contribution in [0.2, 0.25) is 0 Å². The molecule has 0 bridgehead atoms. The molecule has 0 aliphatic carbocycles. The van der Waals surface area contributed by atoms with Crippen molar-refractivity contribution in [2.45, 2.75) is 0 Å². The third-order valence-electron chi connectivity index (χ3n) is 1.28. The number of fused-ring (bicyclic) bond motifs is 1. The second-order valence-electron chi connectivity index (χ2n) is 1.92. The van der Waals surface area contributed by atoms with Gasteiger partial charge in [-0.05, 0) is 11.2 Å². The Kier molecular flexibility index (Phi) is 0.917. The molecule has 1 aromatic heterocycles. The van der Waals surface area contributed by atoms with Crippen LogP contribution in [0.4, 0.5) is 0 Å². The van der Waals surface area contributed by atoms with Gasteiger partial charge in [-0.3, -0.25) is 0 Å². The lowest BCUT2D eigenvalue weighted by Gasteiger charge is -1.80. The van der Waals surface area contributed by atoms with Crippen LogP contribution in [0.3, 0.4) is 0 Å². The summed E-state index contributed by atoms with van der Waals surface area (Å²) < 4.78 is 4.69. The Morgan fingerprint density at radius 2 is 2.50 bits per heavy atom. The molecule has 2 aromatic rings. The van der Waals surface area contributed by atoms with Gasteiger partial charge in [-0.1, -0.05) is 12.1 Å². The first kappa shape index (κ1) is 5.29. The molecule has 0 unspecified atom stereocenters. The van der Waals surface area contributed by atoms with Crippen molar-refractivity contribution < 1.29 is 9.63 Å². The van der Waals surface area contributed by atoms with Gasteiger partial charge < -0.3 is 9.63 Å². The molecule has 0 fully saturated rings. The van der Waals surface area contributed by atoms with E-state index in [-0.39, 0.29) is 5.88 Å². The molecule has 1 aromatic carbocycles. The zero-order valence-corrected chi connectivity index (χ0v) is 5.03. The predicted octanol–water partition coefficient (Wildman–Crippen LogP) is 1.33. The molecular formula is C7H4NO2. The highest BCUT2D eigenvalue weighted by atomic mass is 16.5. The lowest BCUT2D eigenvalue weighted by molar-refractivity contribution is 0.376. The number of nitrogens with zero attached hydrogens (tertiary/aromatic N) is 1. The van der Waals surface area contributed by atoms with E-state index >= 15 is 0 Å². The largest absolute Gasteiger partial charge is 0.491 e. The smallest absolute Gasteiger partial charge is 0.259 e. The first-order valence-corrected chi connectivity index (χ1v) is 2.83. The Balaban J connectivity index is 2.93. The van der Waals surface area contributed by atoms with Crippen LogP contribution < -0.4 is 0 Å². The molecule has 1 heterocycles. The van der Waals surface area contributed by atoms with Gasteiger partial charge in [-0.25, -0.2) is 0 Å². The molecule has 3 heteroatoms. The summed E-state index contributed by atoms with van der Waals surface area (Å²) in [5, 5.41) is 12.9. The Labute approximate surface area is 56.9 Å². The third-order valence-corrected chi connectivity index (χ3v) is 1.28. The fourth-order valence-corrected chi connectivity index (χ4v) is 0.811. The van der Waals surface area contributed by atoms with E-state index in [0.29, 0.717) is 11.0 Å². The lowest BCUT2D eigenvalue weighted by atomic mass is 10.3. The lowest BCUT2D eigenvalue weighted by Crippen LogP contribution is -1.61. The van der Waals surface area contributed by atoms with Gasteiger partial charge in [0.2, 0.25) is 0 Å². The summed E-state index contributed by atoms with van der Waals surface area (Å²) in [6.07, 6.45) is 0. The molecule has 3 nitrogen and oxygen atoms in total. The molecular weight excluding hydrogens is 130 g/mol. The van der Waals surface area contributed by atoms with E-state index in [9.17, 15) is 0 Å². The van der Waals surface area contributed by atoms with E-state index in [1.54, 1.807) is 18.2 Å². The first-order chi connectivity index (χ1) is 4.88. The molecule has 0 saturated heterocycles. The van der Waals surface area contributed by atoms with Crippen molar-refractivity contribution in [3.05, 3.63) is 24.3 Å². The average molecular weight is 134 g/mol. The number of hydrogen-bond donors (Lipinski definition) is 1. The fraction of sp³-hybridized carbons (Fsp3) is 0. The van der Waals surface area contributed by atoms with Gasteiger partial charge in [-0.15, -0.1) is 0 Å². The van der Waals surface area contributed by atoms with Gasteiger partial charge in [0.15, 0.2) is 5.58 Å². The molecule has 0 saturated carbocycles. The number of benzene rings is 1. The van der Waals surface area contributed by atoms with Gasteiger partial charge in [0.25, 0.3) is 5.88 Å². The van der Waals surface area contributed by atoms with Crippen molar-refractivity contribution in [3.63, 3.8) is 0 Å². The summed E-state index contributed by atoms with van der Waals surface area (Å²) in [4.78, 5) is 0. The topological polar surface area (TPSA) is 46.3 Å². The van der Waals surface area contributed by atoms with E-state index in [1.165, 1.54) is 0 Å². The first-order valence-electron chi connectivity index (χ1n) is 2.83. The summed E-state index contributed by atoms with van der Waals surface area (Å²) in [5.41, 5.74) is 0.486. The highest BCUT2D eigenvalue weighted by Crippen LogP contribution is 2.21. The minimum absolute atomic E-state index is 0.0770. The molecule has 1 N–H and O–H groups in total. The number of para-hydroxylation sites is 1. The second kappa shape index (κ2) is 1.73. The molecule has 0 amide bonds. The molecule has 10 heavy (non-hydrogen) atoms. The van der Waals surface area contributed by atoms with Gasteiger partial charge in [-0.2, -0.15) is 0 Å². The molecule has 0 aliphatic rings. The van der Waals surface area contributed by atoms with E-state index in [2.05, 4.69) is 11.2 Å². The van der Waals surface area contributed by atoms with Crippen LogP contribution in [0.1, 0.15) is 0 Å². The Morgan fingerprint density at radius 3 is 3.30 bits per heavy atom. The minimum atomic E-state index is -0.0770. The van der Waals surface area contributed by atoms with Gasteiger partial charge in [0, 0.05) is 6.07 Å². The number of hydrogen-bond acceptors (Lipinski definition) is 3. The van der Waals surface area contributed by atoms with Crippen LogP contribution in [0, 0.1) is 6.07 Å². The van der Waals surface area contributed by atoms with Crippen LogP contribution >= 0.6 is 0 Å². The van der Waals surface area contributed by atoms with Gasteiger partial charge in [0.1, 0.15) is 0 Å². The van der Waals surface area contributed by atoms with E-state index in [1.807, 2.05) is 0 Å². The maximum atomic E-state index is 8.99. The van der Waals surface area contributed by atoms with Crippen LogP contribution in [0.15, 0.2) is 22.7 Å². The summed E-state index contributed by atoms with van der Waals surface area (Å²) in [7, 11) is 0. The summed E-state index contributed by atoms with van der Waals surface area (Å²) in [6, 6.07) is 7.97. The summed E-state index contributed by atoms with van der Waals surface area (Å²) in [6.45, 7) is 0. The van der Waals surface area contributed by atoms with Gasteiger partial charge >= 0.3 is 0 Å². The van der Waals surface area contributed by atoms with E-state index in [4.69, 9.17) is 9.63 Å². The van der Waals surface area contributed by atoms with Crippen molar-refractivity contribution in [2.75, 3.05) is 0 Å². The number of rotatable bonds is 0. The molecule has 0 atom stereocenters. The molecule has 2 rings (SSSR count).